The summed E-state index contributed by atoms with van der Waals surface area (Å²) in [6.07, 6.45) is 7.19. The number of benzene rings is 1. The van der Waals surface area contributed by atoms with Crippen molar-refractivity contribution in [1.29, 1.82) is 0 Å². The van der Waals surface area contributed by atoms with E-state index < -0.39 is 0 Å². The number of carbonyl (C=O) groups is 2. The molecule has 1 atom stereocenters. The number of amides is 1. The van der Waals surface area contributed by atoms with E-state index in [0.29, 0.717) is 28.1 Å². The van der Waals surface area contributed by atoms with Gasteiger partial charge in [-0.1, -0.05) is 37.1 Å². The van der Waals surface area contributed by atoms with Gasteiger partial charge in [-0.15, -0.1) is 11.3 Å². The summed E-state index contributed by atoms with van der Waals surface area (Å²) >= 11 is 7.38. The van der Waals surface area contributed by atoms with Gasteiger partial charge in [0.05, 0.1) is 12.2 Å². The Morgan fingerprint density at radius 3 is 2.71 bits per heavy atom. The molecule has 0 spiro atoms. The third-order valence-corrected chi connectivity index (χ3v) is 6.38. The van der Waals surface area contributed by atoms with Crippen LogP contribution in [0.2, 0.25) is 5.02 Å². The van der Waals surface area contributed by atoms with Crippen LogP contribution in [0.4, 0.5) is 5.00 Å². The molecule has 1 aliphatic rings. The fraction of sp³-hybridized carbons (Fsp3) is 0.364. The fourth-order valence-electron chi connectivity index (χ4n) is 3.41. The van der Waals surface area contributed by atoms with Crippen LogP contribution in [0.5, 0.6) is 0 Å². The first-order valence-electron chi connectivity index (χ1n) is 9.58. The summed E-state index contributed by atoms with van der Waals surface area (Å²) in [5.41, 5.74) is 2.45. The highest BCUT2D eigenvalue weighted by Crippen LogP contribution is 2.40. The second-order valence-corrected chi connectivity index (χ2v) is 8.36. The number of ether oxygens (including phenoxy) is 1. The van der Waals surface area contributed by atoms with Crippen LogP contribution in [0.1, 0.15) is 53.1 Å². The van der Waals surface area contributed by atoms with Crippen LogP contribution in [-0.4, -0.2) is 18.5 Å². The van der Waals surface area contributed by atoms with Gasteiger partial charge in [0.2, 0.25) is 5.91 Å². The zero-order valence-corrected chi connectivity index (χ0v) is 17.7. The average molecular weight is 418 g/mol. The van der Waals surface area contributed by atoms with Crippen LogP contribution < -0.4 is 5.32 Å². The normalized spacial score (nSPS) is 16.0. The van der Waals surface area contributed by atoms with E-state index in [4.69, 9.17) is 16.3 Å². The second kappa shape index (κ2) is 9.39. The van der Waals surface area contributed by atoms with Gasteiger partial charge in [0, 0.05) is 16.0 Å². The molecule has 28 heavy (non-hydrogen) atoms. The molecule has 2 aromatic rings. The van der Waals surface area contributed by atoms with Gasteiger partial charge >= 0.3 is 5.97 Å². The van der Waals surface area contributed by atoms with Crippen molar-refractivity contribution >= 4 is 45.9 Å². The molecule has 0 radical (unpaired) electrons. The number of carbonyl (C=O) groups excluding carboxylic acids is 2. The summed E-state index contributed by atoms with van der Waals surface area (Å²) in [6.45, 7) is 4.29. The van der Waals surface area contributed by atoms with E-state index in [-0.39, 0.29) is 11.9 Å². The average Bonchev–Trinajstić information content (AvgIpc) is 3.04. The van der Waals surface area contributed by atoms with Gasteiger partial charge in [0.15, 0.2) is 0 Å². The van der Waals surface area contributed by atoms with Crippen molar-refractivity contribution < 1.29 is 14.3 Å². The Morgan fingerprint density at radius 2 is 2.04 bits per heavy atom. The Kier molecular flexibility index (Phi) is 6.92. The molecule has 1 aromatic heterocycles. The summed E-state index contributed by atoms with van der Waals surface area (Å²) in [4.78, 5) is 26.2. The lowest BCUT2D eigenvalue weighted by atomic mass is 9.85. The Hall–Kier alpha value is -2.11. The van der Waals surface area contributed by atoms with Gasteiger partial charge in [0.1, 0.15) is 5.00 Å². The maximum Gasteiger partial charge on any atom is 0.341 e. The highest BCUT2D eigenvalue weighted by Gasteiger charge is 2.29. The third kappa shape index (κ3) is 4.83. The predicted molar refractivity (Wildman–Crippen MR) is 115 cm³/mol. The molecule has 0 bridgehead atoms. The maximum absolute atomic E-state index is 12.5. The molecule has 0 aliphatic heterocycles. The lowest BCUT2D eigenvalue weighted by molar-refractivity contribution is -0.111. The number of nitrogens with one attached hydrogen (secondary N) is 1. The van der Waals surface area contributed by atoms with Crippen LogP contribution in [0.3, 0.4) is 0 Å². The summed E-state index contributed by atoms with van der Waals surface area (Å²) < 4.78 is 5.25. The number of anilines is 1. The van der Waals surface area contributed by atoms with Gasteiger partial charge in [-0.3, -0.25) is 4.79 Å². The highest BCUT2D eigenvalue weighted by molar-refractivity contribution is 7.17. The molecule has 148 valence electrons. The summed E-state index contributed by atoms with van der Waals surface area (Å²) in [5.74, 6) is 0.00705. The molecule has 4 nitrogen and oxygen atoms in total. The van der Waals surface area contributed by atoms with Crippen molar-refractivity contribution in [3.63, 3.8) is 0 Å². The van der Waals surface area contributed by atoms with Crippen LogP contribution in [0.15, 0.2) is 30.3 Å². The second-order valence-electron chi connectivity index (χ2n) is 6.82. The Morgan fingerprint density at radius 1 is 1.29 bits per heavy atom. The van der Waals surface area contributed by atoms with Crippen molar-refractivity contribution in [1.82, 2.24) is 0 Å². The standard InChI is InChI=1S/C22H24ClNO3S/c1-3-14-7-11-17-18(13-14)28-21(20(17)22(26)27-4-2)24-19(25)12-8-15-5-9-16(23)10-6-15/h5-6,8-10,12,14H,3-4,7,11,13H2,1-2H3,(H,24,25)/b12-8+. The number of thiophene rings is 1. The van der Waals surface area contributed by atoms with Crippen LogP contribution >= 0.6 is 22.9 Å². The molecule has 1 heterocycles. The lowest BCUT2D eigenvalue weighted by Crippen LogP contribution is -2.16. The van der Waals surface area contributed by atoms with Gasteiger partial charge in [-0.05, 0) is 61.4 Å². The topological polar surface area (TPSA) is 55.4 Å². The molecule has 6 heteroatoms. The Balaban J connectivity index is 1.82. The number of hydrogen-bond donors (Lipinski definition) is 1. The van der Waals surface area contributed by atoms with Crippen LogP contribution in [0.25, 0.3) is 6.08 Å². The van der Waals surface area contributed by atoms with E-state index in [1.807, 2.05) is 12.1 Å². The molecular weight excluding hydrogens is 394 g/mol. The monoisotopic (exact) mass is 417 g/mol. The van der Waals surface area contributed by atoms with E-state index in [9.17, 15) is 9.59 Å². The first-order chi connectivity index (χ1) is 13.5. The van der Waals surface area contributed by atoms with Crippen molar-refractivity contribution in [3.8, 4) is 0 Å². The van der Waals surface area contributed by atoms with Gasteiger partial charge in [-0.2, -0.15) is 0 Å². The van der Waals surface area contributed by atoms with E-state index in [1.165, 1.54) is 22.3 Å². The molecular formula is C22H24ClNO3S. The molecule has 1 aliphatic carbocycles. The highest BCUT2D eigenvalue weighted by atomic mass is 35.5. The molecule has 1 aromatic carbocycles. The minimum absolute atomic E-state index is 0.272. The smallest absolute Gasteiger partial charge is 0.341 e. The summed E-state index contributed by atoms with van der Waals surface area (Å²) in [6, 6.07) is 7.22. The van der Waals surface area contributed by atoms with Crippen molar-refractivity contribution in [3.05, 3.63) is 56.9 Å². The molecule has 0 saturated carbocycles. The minimum atomic E-state index is -0.355. The van der Waals surface area contributed by atoms with Crippen molar-refractivity contribution in [2.75, 3.05) is 11.9 Å². The largest absolute Gasteiger partial charge is 0.462 e. The molecule has 1 N–H and O–H groups in total. The zero-order valence-electron chi connectivity index (χ0n) is 16.1. The quantitative estimate of drug-likeness (QED) is 0.481. The molecule has 0 saturated heterocycles. The van der Waals surface area contributed by atoms with Crippen molar-refractivity contribution in [2.24, 2.45) is 5.92 Å². The van der Waals surface area contributed by atoms with Gasteiger partial charge < -0.3 is 10.1 Å². The molecule has 1 amide bonds. The third-order valence-electron chi connectivity index (χ3n) is 4.96. The maximum atomic E-state index is 12.5. The number of esters is 1. The zero-order chi connectivity index (χ0) is 20.1. The van der Waals surface area contributed by atoms with Gasteiger partial charge in [0.25, 0.3) is 0 Å². The predicted octanol–water partition coefficient (Wildman–Crippen LogP) is 5.75. The van der Waals surface area contributed by atoms with E-state index in [2.05, 4.69) is 12.2 Å². The number of rotatable bonds is 6. The number of halogens is 1. The summed E-state index contributed by atoms with van der Waals surface area (Å²) in [5, 5.41) is 4.12. The summed E-state index contributed by atoms with van der Waals surface area (Å²) in [7, 11) is 0. The molecule has 3 rings (SSSR count). The van der Waals surface area contributed by atoms with Crippen LogP contribution in [0, 0.1) is 5.92 Å². The van der Waals surface area contributed by atoms with E-state index in [1.54, 1.807) is 25.1 Å². The molecule has 1 unspecified atom stereocenters. The lowest BCUT2D eigenvalue weighted by Gasteiger charge is -2.20. The molecule has 0 fully saturated rings. The first kappa shape index (κ1) is 20.6. The fourth-order valence-corrected chi connectivity index (χ4v) is 4.89. The number of hydrogen-bond acceptors (Lipinski definition) is 4. The van der Waals surface area contributed by atoms with E-state index >= 15 is 0 Å². The van der Waals surface area contributed by atoms with E-state index in [0.717, 1.165) is 36.8 Å². The van der Waals surface area contributed by atoms with Crippen molar-refractivity contribution in [2.45, 2.75) is 39.5 Å². The number of fused-ring (bicyclic) bond motifs is 1. The van der Waals surface area contributed by atoms with Crippen LogP contribution in [-0.2, 0) is 22.4 Å². The Bertz CT molecular complexity index is 886. The Labute approximate surface area is 174 Å². The SMILES string of the molecule is CCOC(=O)c1c(NC(=O)/C=C/c2ccc(Cl)cc2)sc2c1CCC(CC)C2. The van der Waals surface area contributed by atoms with Gasteiger partial charge in [-0.25, -0.2) is 4.79 Å². The minimum Gasteiger partial charge on any atom is -0.462 e. The first-order valence-corrected chi connectivity index (χ1v) is 10.8.